The lowest BCUT2D eigenvalue weighted by Gasteiger charge is -2.13. The van der Waals surface area contributed by atoms with Crippen LogP contribution in [-0.4, -0.2) is 18.1 Å². The minimum Gasteiger partial charge on any atom is -0.293 e. The Bertz CT molecular complexity index is 180. The second kappa shape index (κ2) is 5.98. The van der Waals surface area contributed by atoms with Gasteiger partial charge in [-0.15, -0.1) is 0 Å². The maximum Gasteiger partial charge on any atom is 0.364 e. The van der Waals surface area contributed by atoms with Crippen LogP contribution in [-0.2, 0) is 4.79 Å². The molecule has 0 atom stereocenters. The fraction of sp³-hybridized carbons (Fsp3) is 0.889. The van der Waals surface area contributed by atoms with Gasteiger partial charge in [0.1, 0.15) is 0 Å². The quantitative estimate of drug-likeness (QED) is 0.468. The minimum absolute atomic E-state index is 0.259. The number of ketones is 1. The molecule has 0 fully saturated rings. The topological polar surface area (TPSA) is 17.1 Å². The van der Waals surface area contributed by atoms with E-state index in [-0.39, 0.29) is 6.42 Å². The van der Waals surface area contributed by atoms with Crippen LogP contribution in [0.1, 0.15) is 39.0 Å². The van der Waals surface area contributed by atoms with Crippen molar-refractivity contribution in [2.75, 3.05) is 0 Å². The standard InChI is InChI=1S/C9H14F4O/c1-2-3-4-5-6-7(14)9(12,13)8(10)11/h8H,2-6H2,1H3. The highest BCUT2D eigenvalue weighted by Gasteiger charge is 2.47. The number of Topliss-reactive ketones (excluding diaryl/α,β-unsaturated/α-hetero) is 1. The average Bonchev–Trinajstić information content (AvgIpc) is 2.11. The number of hydrogen-bond acceptors (Lipinski definition) is 1. The molecular formula is C9H14F4O. The number of halogens is 4. The minimum atomic E-state index is -4.47. The third kappa shape index (κ3) is 4.07. The monoisotopic (exact) mass is 214 g/mol. The SMILES string of the molecule is CCCCCCC(=O)C(F)(F)C(F)F. The Morgan fingerprint density at radius 1 is 1.21 bits per heavy atom. The summed E-state index contributed by atoms with van der Waals surface area (Å²) >= 11 is 0. The summed E-state index contributed by atoms with van der Waals surface area (Å²) in [7, 11) is 0. The Morgan fingerprint density at radius 2 is 1.79 bits per heavy atom. The Kier molecular flexibility index (Phi) is 5.72. The largest absolute Gasteiger partial charge is 0.364 e. The Morgan fingerprint density at radius 3 is 2.21 bits per heavy atom. The van der Waals surface area contributed by atoms with Crippen molar-refractivity contribution in [2.24, 2.45) is 0 Å². The van der Waals surface area contributed by atoms with Gasteiger partial charge in [-0.25, -0.2) is 8.78 Å². The van der Waals surface area contributed by atoms with Crippen LogP contribution in [0.2, 0.25) is 0 Å². The molecule has 0 amide bonds. The van der Waals surface area contributed by atoms with Crippen molar-refractivity contribution in [3.8, 4) is 0 Å². The summed E-state index contributed by atoms with van der Waals surface area (Å²) in [6.45, 7) is 1.93. The molecule has 0 heterocycles. The lowest BCUT2D eigenvalue weighted by atomic mass is 10.1. The Labute approximate surface area is 80.5 Å². The van der Waals surface area contributed by atoms with E-state index in [0.717, 1.165) is 12.8 Å². The molecule has 5 heteroatoms. The number of carbonyl (C=O) groups is 1. The summed E-state index contributed by atoms with van der Waals surface area (Å²) in [5.41, 5.74) is 0. The summed E-state index contributed by atoms with van der Waals surface area (Å²) in [4.78, 5) is 10.6. The second-order valence-corrected chi connectivity index (χ2v) is 3.16. The van der Waals surface area contributed by atoms with E-state index in [1.54, 1.807) is 0 Å². The molecule has 0 aliphatic carbocycles. The lowest BCUT2D eigenvalue weighted by Crippen LogP contribution is -2.36. The first-order valence-electron chi connectivity index (χ1n) is 4.62. The highest BCUT2D eigenvalue weighted by Crippen LogP contribution is 2.26. The number of alkyl halides is 4. The van der Waals surface area contributed by atoms with Gasteiger partial charge >= 0.3 is 12.3 Å². The molecule has 0 unspecified atom stereocenters. The van der Waals surface area contributed by atoms with Gasteiger partial charge in [0.2, 0.25) is 5.78 Å². The molecule has 14 heavy (non-hydrogen) atoms. The van der Waals surface area contributed by atoms with Gasteiger partial charge in [0, 0.05) is 6.42 Å². The lowest BCUT2D eigenvalue weighted by molar-refractivity contribution is -0.167. The molecular weight excluding hydrogens is 200 g/mol. The molecule has 0 aromatic heterocycles. The van der Waals surface area contributed by atoms with Crippen LogP contribution in [0, 0.1) is 0 Å². The van der Waals surface area contributed by atoms with Gasteiger partial charge in [0.15, 0.2) is 0 Å². The molecule has 0 aliphatic rings. The summed E-state index contributed by atoms with van der Waals surface area (Å²) in [5, 5.41) is 0. The fourth-order valence-electron chi connectivity index (χ4n) is 1.00. The fourth-order valence-corrected chi connectivity index (χ4v) is 1.00. The summed E-state index contributed by atoms with van der Waals surface area (Å²) in [6, 6.07) is 0. The third-order valence-electron chi connectivity index (χ3n) is 1.90. The smallest absolute Gasteiger partial charge is 0.293 e. The van der Waals surface area contributed by atoms with E-state index in [0.29, 0.717) is 6.42 Å². The molecule has 0 saturated heterocycles. The van der Waals surface area contributed by atoms with Crippen molar-refractivity contribution >= 4 is 5.78 Å². The predicted octanol–water partition coefficient (Wildman–Crippen LogP) is 3.43. The molecule has 0 aliphatic heterocycles. The normalized spacial score (nSPS) is 12.1. The molecule has 0 bridgehead atoms. The first kappa shape index (κ1) is 13.4. The highest BCUT2D eigenvalue weighted by molar-refractivity contribution is 5.85. The van der Waals surface area contributed by atoms with Crippen LogP contribution in [0.15, 0.2) is 0 Å². The van der Waals surface area contributed by atoms with E-state index in [4.69, 9.17) is 0 Å². The van der Waals surface area contributed by atoms with Gasteiger partial charge in [-0.2, -0.15) is 8.78 Å². The van der Waals surface area contributed by atoms with Gasteiger partial charge in [-0.1, -0.05) is 26.2 Å². The van der Waals surface area contributed by atoms with Crippen molar-refractivity contribution in [2.45, 2.75) is 51.4 Å². The molecule has 1 nitrogen and oxygen atoms in total. The Hall–Kier alpha value is -0.610. The van der Waals surface area contributed by atoms with Gasteiger partial charge in [-0.05, 0) is 6.42 Å². The molecule has 0 spiro atoms. The van der Waals surface area contributed by atoms with Crippen molar-refractivity contribution in [3.05, 3.63) is 0 Å². The molecule has 0 saturated carbocycles. The number of rotatable bonds is 7. The van der Waals surface area contributed by atoms with E-state index < -0.39 is 24.6 Å². The highest BCUT2D eigenvalue weighted by atomic mass is 19.3. The van der Waals surface area contributed by atoms with Crippen LogP contribution in [0.4, 0.5) is 17.6 Å². The average molecular weight is 214 g/mol. The van der Waals surface area contributed by atoms with E-state index in [1.165, 1.54) is 0 Å². The van der Waals surface area contributed by atoms with Gasteiger partial charge in [-0.3, -0.25) is 4.79 Å². The zero-order valence-corrected chi connectivity index (χ0v) is 8.03. The third-order valence-corrected chi connectivity index (χ3v) is 1.90. The van der Waals surface area contributed by atoms with Crippen LogP contribution in [0.25, 0.3) is 0 Å². The van der Waals surface area contributed by atoms with E-state index in [1.807, 2.05) is 6.92 Å². The van der Waals surface area contributed by atoms with E-state index >= 15 is 0 Å². The number of carbonyl (C=O) groups excluding carboxylic acids is 1. The molecule has 0 aromatic carbocycles. The zero-order chi connectivity index (χ0) is 11.2. The predicted molar refractivity (Wildman–Crippen MR) is 44.7 cm³/mol. The summed E-state index contributed by atoms with van der Waals surface area (Å²) in [5.74, 6) is -6.12. The second-order valence-electron chi connectivity index (χ2n) is 3.16. The Balaban J connectivity index is 3.84. The number of unbranched alkanes of at least 4 members (excludes halogenated alkanes) is 3. The van der Waals surface area contributed by atoms with Crippen molar-refractivity contribution < 1.29 is 22.4 Å². The van der Waals surface area contributed by atoms with Gasteiger partial charge in [0.25, 0.3) is 0 Å². The van der Waals surface area contributed by atoms with Gasteiger partial charge < -0.3 is 0 Å². The van der Waals surface area contributed by atoms with Crippen molar-refractivity contribution in [1.29, 1.82) is 0 Å². The van der Waals surface area contributed by atoms with Crippen LogP contribution in [0.3, 0.4) is 0 Å². The molecule has 0 N–H and O–H groups in total. The summed E-state index contributed by atoms with van der Waals surface area (Å²) in [6.07, 6.45) is -1.73. The van der Waals surface area contributed by atoms with Crippen molar-refractivity contribution in [1.82, 2.24) is 0 Å². The maximum atomic E-state index is 12.3. The molecule has 0 rings (SSSR count). The van der Waals surface area contributed by atoms with Crippen molar-refractivity contribution in [3.63, 3.8) is 0 Å². The number of hydrogen-bond donors (Lipinski definition) is 0. The molecule has 0 aromatic rings. The van der Waals surface area contributed by atoms with E-state index in [2.05, 4.69) is 0 Å². The van der Waals surface area contributed by atoms with Crippen LogP contribution < -0.4 is 0 Å². The van der Waals surface area contributed by atoms with Crippen LogP contribution >= 0.6 is 0 Å². The van der Waals surface area contributed by atoms with Gasteiger partial charge in [0.05, 0.1) is 0 Å². The first-order chi connectivity index (χ1) is 6.42. The van der Waals surface area contributed by atoms with E-state index in [9.17, 15) is 22.4 Å². The molecule has 84 valence electrons. The summed E-state index contributed by atoms with van der Waals surface area (Å²) < 4.78 is 48.0. The zero-order valence-electron chi connectivity index (χ0n) is 8.03. The maximum absolute atomic E-state index is 12.3. The first-order valence-corrected chi connectivity index (χ1v) is 4.62. The molecule has 0 radical (unpaired) electrons. The van der Waals surface area contributed by atoms with Crippen LogP contribution in [0.5, 0.6) is 0 Å².